The van der Waals surface area contributed by atoms with Gasteiger partial charge >= 0.3 is 0 Å². The first-order valence-corrected chi connectivity index (χ1v) is 8.14. The molecule has 0 aliphatic heterocycles. The van der Waals surface area contributed by atoms with Crippen LogP contribution < -0.4 is 5.32 Å². The van der Waals surface area contributed by atoms with Crippen LogP contribution in [0.2, 0.25) is 0 Å². The average molecular weight is 279 g/mol. The highest BCUT2D eigenvalue weighted by Gasteiger charge is 2.40. The second-order valence-electron chi connectivity index (χ2n) is 6.36. The van der Waals surface area contributed by atoms with Crippen LogP contribution in [0.4, 0.5) is 0 Å². The van der Waals surface area contributed by atoms with Gasteiger partial charge < -0.3 is 5.32 Å². The summed E-state index contributed by atoms with van der Waals surface area (Å²) in [7, 11) is 0. The molecular formula is C20H25N. The first-order valence-electron chi connectivity index (χ1n) is 8.14. The largest absolute Gasteiger partial charge is 0.315 e. The van der Waals surface area contributed by atoms with Crippen molar-refractivity contribution in [2.24, 2.45) is 5.41 Å². The fraction of sp³-hybridized carbons (Fsp3) is 0.400. The van der Waals surface area contributed by atoms with Crippen molar-refractivity contribution in [2.75, 3.05) is 13.1 Å². The highest BCUT2D eigenvalue weighted by molar-refractivity contribution is 5.32. The van der Waals surface area contributed by atoms with Crippen LogP contribution in [0.5, 0.6) is 0 Å². The van der Waals surface area contributed by atoms with Gasteiger partial charge in [-0.05, 0) is 35.8 Å². The van der Waals surface area contributed by atoms with Crippen LogP contribution in [0, 0.1) is 5.41 Å². The van der Waals surface area contributed by atoms with Crippen LogP contribution in [0.25, 0.3) is 0 Å². The first-order chi connectivity index (χ1) is 10.3. The molecule has 1 aliphatic carbocycles. The zero-order chi connectivity index (χ0) is 14.5. The molecule has 1 nitrogen and oxygen atoms in total. The van der Waals surface area contributed by atoms with Crippen molar-refractivity contribution in [3.05, 3.63) is 71.8 Å². The molecule has 0 radical (unpaired) electrons. The molecule has 1 fully saturated rings. The topological polar surface area (TPSA) is 12.0 Å². The third kappa shape index (κ3) is 3.54. The van der Waals surface area contributed by atoms with Crippen molar-refractivity contribution in [2.45, 2.75) is 32.1 Å². The van der Waals surface area contributed by atoms with Gasteiger partial charge in [-0.2, -0.15) is 0 Å². The fourth-order valence-electron chi connectivity index (χ4n) is 3.11. The summed E-state index contributed by atoms with van der Waals surface area (Å²) in [6.45, 7) is 4.51. The molecule has 1 aliphatic rings. The van der Waals surface area contributed by atoms with E-state index in [9.17, 15) is 0 Å². The van der Waals surface area contributed by atoms with Crippen LogP contribution in [0.3, 0.4) is 0 Å². The normalized spacial score (nSPS) is 16.1. The Kier molecular flexibility index (Phi) is 4.40. The quantitative estimate of drug-likeness (QED) is 0.781. The Bertz CT molecular complexity index is 503. The second kappa shape index (κ2) is 6.44. The lowest BCUT2D eigenvalue weighted by Gasteiger charge is -2.21. The second-order valence-corrected chi connectivity index (χ2v) is 6.36. The van der Waals surface area contributed by atoms with E-state index in [0.717, 1.165) is 6.54 Å². The summed E-state index contributed by atoms with van der Waals surface area (Å²) in [5.74, 6) is 0.444. The van der Waals surface area contributed by atoms with Gasteiger partial charge in [0.15, 0.2) is 0 Å². The third-order valence-electron chi connectivity index (χ3n) is 4.96. The third-order valence-corrected chi connectivity index (χ3v) is 4.96. The van der Waals surface area contributed by atoms with Crippen molar-refractivity contribution in [1.29, 1.82) is 0 Å². The minimum absolute atomic E-state index is 0.444. The van der Waals surface area contributed by atoms with E-state index in [1.807, 2.05) is 0 Å². The summed E-state index contributed by atoms with van der Waals surface area (Å²) in [6, 6.07) is 21.7. The van der Waals surface area contributed by atoms with Gasteiger partial charge in [0.1, 0.15) is 0 Å². The lowest BCUT2D eigenvalue weighted by Crippen LogP contribution is -2.28. The van der Waals surface area contributed by atoms with Crippen molar-refractivity contribution in [3.8, 4) is 0 Å². The predicted octanol–water partition coefficient (Wildman–Crippen LogP) is 4.60. The standard InChI is InChI=1S/C20H25N/c1-2-20(13-14-20)16-21-15-19(17-9-5-3-6-10-17)18-11-7-4-8-12-18/h3-12,19,21H,2,13-16H2,1H3. The summed E-state index contributed by atoms with van der Waals surface area (Å²) in [5, 5.41) is 3.74. The van der Waals surface area contributed by atoms with E-state index < -0.39 is 0 Å². The zero-order valence-corrected chi connectivity index (χ0v) is 12.9. The molecule has 0 spiro atoms. The van der Waals surface area contributed by atoms with Crippen LogP contribution in [-0.2, 0) is 0 Å². The highest BCUT2D eigenvalue weighted by Crippen LogP contribution is 2.47. The Morgan fingerprint density at radius 2 is 1.43 bits per heavy atom. The summed E-state index contributed by atoms with van der Waals surface area (Å²) >= 11 is 0. The first kappa shape index (κ1) is 14.3. The van der Waals surface area contributed by atoms with Crippen LogP contribution >= 0.6 is 0 Å². The number of nitrogens with one attached hydrogen (secondary N) is 1. The lowest BCUT2D eigenvalue weighted by atomic mass is 9.91. The van der Waals surface area contributed by atoms with Gasteiger partial charge in [-0.3, -0.25) is 0 Å². The molecule has 0 amide bonds. The molecule has 2 aromatic rings. The monoisotopic (exact) mass is 279 g/mol. The molecule has 110 valence electrons. The summed E-state index contributed by atoms with van der Waals surface area (Å²) in [4.78, 5) is 0. The van der Waals surface area contributed by atoms with E-state index in [0.29, 0.717) is 11.3 Å². The maximum absolute atomic E-state index is 3.74. The van der Waals surface area contributed by atoms with Gasteiger partial charge in [0.05, 0.1) is 0 Å². The lowest BCUT2D eigenvalue weighted by molar-refractivity contribution is 0.439. The fourth-order valence-corrected chi connectivity index (χ4v) is 3.11. The highest BCUT2D eigenvalue weighted by atomic mass is 14.9. The Labute approximate surface area is 128 Å². The summed E-state index contributed by atoms with van der Waals surface area (Å²) in [6.07, 6.45) is 4.11. The Balaban J connectivity index is 1.71. The number of benzene rings is 2. The minimum atomic E-state index is 0.444. The molecule has 0 unspecified atom stereocenters. The Morgan fingerprint density at radius 1 is 0.905 bits per heavy atom. The minimum Gasteiger partial charge on any atom is -0.315 e. The Hall–Kier alpha value is -1.60. The van der Waals surface area contributed by atoms with Crippen LogP contribution in [0.15, 0.2) is 60.7 Å². The molecule has 1 saturated carbocycles. The van der Waals surface area contributed by atoms with Gasteiger partial charge in [0, 0.05) is 19.0 Å². The molecule has 0 saturated heterocycles. The number of rotatable bonds is 7. The smallest absolute Gasteiger partial charge is 0.0214 e. The van der Waals surface area contributed by atoms with Gasteiger partial charge in [0.2, 0.25) is 0 Å². The van der Waals surface area contributed by atoms with E-state index in [1.54, 1.807) is 0 Å². The molecule has 3 rings (SSSR count). The molecular weight excluding hydrogens is 254 g/mol. The molecule has 0 heterocycles. The van der Waals surface area contributed by atoms with Crippen molar-refractivity contribution in [3.63, 3.8) is 0 Å². The predicted molar refractivity (Wildman–Crippen MR) is 89.6 cm³/mol. The molecule has 21 heavy (non-hydrogen) atoms. The van der Waals surface area contributed by atoms with Crippen LogP contribution in [-0.4, -0.2) is 13.1 Å². The van der Waals surface area contributed by atoms with Gasteiger partial charge in [-0.1, -0.05) is 67.6 Å². The summed E-state index contributed by atoms with van der Waals surface area (Å²) < 4.78 is 0. The van der Waals surface area contributed by atoms with Gasteiger partial charge in [-0.25, -0.2) is 0 Å². The van der Waals surface area contributed by atoms with E-state index >= 15 is 0 Å². The maximum atomic E-state index is 3.74. The molecule has 0 aromatic heterocycles. The van der Waals surface area contributed by atoms with Crippen molar-refractivity contribution >= 4 is 0 Å². The van der Waals surface area contributed by atoms with Gasteiger partial charge in [0.25, 0.3) is 0 Å². The van der Waals surface area contributed by atoms with Crippen molar-refractivity contribution < 1.29 is 0 Å². The van der Waals surface area contributed by atoms with Crippen LogP contribution in [0.1, 0.15) is 43.2 Å². The number of hydrogen-bond acceptors (Lipinski definition) is 1. The number of hydrogen-bond donors (Lipinski definition) is 1. The maximum Gasteiger partial charge on any atom is 0.0214 e. The van der Waals surface area contributed by atoms with E-state index in [4.69, 9.17) is 0 Å². The molecule has 2 aromatic carbocycles. The van der Waals surface area contributed by atoms with E-state index in [-0.39, 0.29) is 0 Å². The Morgan fingerprint density at radius 3 is 1.86 bits per heavy atom. The molecule has 1 N–H and O–H groups in total. The SMILES string of the molecule is CCC1(CNCC(c2ccccc2)c2ccccc2)CC1. The molecule has 0 atom stereocenters. The van der Waals surface area contributed by atoms with E-state index in [2.05, 4.69) is 72.9 Å². The molecule has 0 bridgehead atoms. The van der Waals surface area contributed by atoms with Gasteiger partial charge in [-0.15, -0.1) is 0 Å². The summed E-state index contributed by atoms with van der Waals surface area (Å²) in [5.41, 5.74) is 3.41. The van der Waals surface area contributed by atoms with Crippen molar-refractivity contribution in [1.82, 2.24) is 5.32 Å². The van der Waals surface area contributed by atoms with E-state index in [1.165, 1.54) is 36.9 Å². The zero-order valence-electron chi connectivity index (χ0n) is 12.9. The average Bonchev–Trinajstić information content (AvgIpc) is 3.34. The molecule has 1 heteroatoms.